The number of rotatable bonds is 4. The van der Waals surface area contributed by atoms with Crippen LogP contribution in [0.3, 0.4) is 0 Å². The van der Waals surface area contributed by atoms with E-state index in [1.165, 1.54) is 0 Å². The summed E-state index contributed by atoms with van der Waals surface area (Å²) in [6.45, 7) is 1.03. The van der Waals surface area contributed by atoms with Gasteiger partial charge in [-0.2, -0.15) is 0 Å². The van der Waals surface area contributed by atoms with Crippen molar-refractivity contribution in [1.29, 1.82) is 0 Å². The number of amides is 1. The van der Waals surface area contributed by atoms with Crippen molar-refractivity contribution in [3.05, 3.63) is 36.0 Å². The molecule has 3 aromatic rings. The number of nitrogens with zero attached hydrogens (tertiary/aromatic N) is 5. The third-order valence-electron chi connectivity index (χ3n) is 4.07. The van der Waals surface area contributed by atoms with Crippen LogP contribution in [-0.4, -0.2) is 31.3 Å². The Kier molecular flexibility index (Phi) is 3.81. The number of carbonyl (C=O) groups excluding carboxylic acids is 1. The SMILES string of the molecule is O=C(NCc1cc(-c2ccco2)on1)C1CCCCn2nnnc21. The van der Waals surface area contributed by atoms with E-state index in [4.69, 9.17) is 8.94 Å². The van der Waals surface area contributed by atoms with Gasteiger partial charge in [-0.25, -0.2) is 4.68 Å². The van der Waals surface area contributed by atoms with Gasteiger partial charge in [0.2, 0.25) is 11.7 Å². The second-order valence-electron chi connectivity index (χ2n) is 5.69. The molecule has 1 N–H and O–H groups in total. The molecule has 0 aromatic carbocycles. The van der Waals surface area contributed by atoms with Gasteiger partial charge in [-0.15, -0.1) is 5.10 Å². The van der Waals surface area contributed by atoms with Crippen LogP contribution in [0.2, 0.25) is 0 Å². The van der Waals surface area contributed by atoms with E-state index in [0.29, 0.717) is 23.0 Å². The molecule has 9 heteroatoms. The Morgan fingerprint density at radius 1 is 1.38 bits per heavy atom. The third kappa shape index (κ3) is 2.80. The Morgan fingerprint density at radius 2 is 2.33 bits per heavy atom. The average molecular weight is 328 g/mol. The normalized spacial score (nSPS) is 17.2. The van der Waals surface area contributed by atoms with Gasteiger partial charge in [0.05, 0.1) is 18.7 Å². The summed E-state index contributed by atoms with van der Waals surface area (Å²) in [5.41, 5.74) is 0.628. The van der Waals surface area contributed by atoms with Gasteiger partial charge in [0.15, 0.2) is 11.6 Å². The van der Waals surface area contributed by atoms with Crippen LogP contribution in [0, 0.1) is 0 Å². The number of fused-ring (bicyclic) bond motifs is 1. The minimum absolute atomic E-state index is 0.101. The van der Waals surface area contributed by atoms with Gasteiger partial charge in [-0.05, 0) is 35.4 Å². The fourth-order valence-electron chi connectivity index (χ4n) is 2.84. The maximum absolute atomic E-state index is 12.5. The first kappa shape index (κ1) is 14.6. The van der Waals surface area contributed by atoms with Crippen LogP contribution in [0.1, 0.15) is 36.7 Å². The van der Waals surface area contributed by atoms with E-state index in [0.717, 1.165) is 25.8 Å². The summed E-state index contributed by atoms with van der Waals surface area (Å²) in [7, 11) is 0. The number of carbonyl (C=O) groups is 1. The molecule has 1 aliphatic heterocycles. The fourth-order valence-corrected chi connectivity index (χ4v) is 2.84. The Labute approximate surface area is 137 Å². The van der Waals surface area contributed by atoms with E-state index in [9.17, 15) is 4.79 Å². The first-order valence-electron chi connectivity index (χ1n) is 7.84. The first-order chi connectivity index (χ1) is 11.8. The molecular formula is C15H16N6O3. The number of furan rings is 1. The average Bonchev–Trinajstić information content (AvgIpc) is 3.32. The molecular weight excluding hydrogens is 312 g/mol. The van der Waals surface area contributed by atoms with Crippen LogP contribution in [-0.2, 0) is 17.9 Å². The minimum Gasteiger partial charge on any atom is -0.461 e. The van der Waals surface area contributed by atoms with Crippen molar-refractivity contribution in [3.8, 4) is 11.5 Å². The van der Waals surface area contributed by atoms with Gasteiger partial charge in [-0.1, -0.05) is 11.6 Å². The van der Waals surface area contributed by atoms with E-state index in [1.807, 2.05) is 0 Å². The molecule has 9 nitrogen and oxygen atoms in total. The number of aryl methyl sites for hydroxylation is 1. The summed E-state index contributed by atoms with van der Waals surface area (Å²) in [6.07, 6.45) is 4.23. The van der Waals surface area contributed by atoms with Crippen LogP contribution in [0.5, 0.6) is 0 Å². The van der Waals surface area contributed by atoms with Gasteiger partial charge in [0, 0.05) is 12.6 Å². The smallest absolute Gasteiger partial charge is 0.231 e. The van der Waals surface area contributed by atoms with Crippen molar-refractivity contribution in [2.75, 3.05) is 0 Å². The Hall–Kier alpha value is -2.97. The maximum atomic E-state index is 12.5. The van der Waals surface area contributed by atoms with Crippen molar-refractivity contribution in [3.63, 3.8) is 0 Å². The van der Waals surface area contributed by atoms with Crippen molar-refractivity contribution < 1.29 is 13.7 Å². The van der Waals surface area contributed by atoms with E-state index in [1.54, 1.807) is 29.1 Å². The molecule has 0 spiro atoms. The van der Waals surface area contributed by atoms with Gasteiger partial charge in [0.25, 0.3) is 0 Å². The molecule has 4 rings (SSSR count). The minimum atomic E-state index is -0.334. The van der Waals surface area contributed by atoms with Crippen LogP contribution in [0.25, 0.3) is 11.5 Å². The van der Waals surface area contributed by atoms with Gasteiger partial charge < -0.3 is 14.3 Å². The highest BCUT2D eigenvalue weighted by Crippen LogP contribution is 2.24. The Bertz CT molecular complexity index is 822. The number of hydrogen-bond acceptors (Lipinski definition) is 7. The zero-order valence-corrected chi connectivity index (χ0v) is 12.9. The largest absolute Gasteiger partial charge is 0.461 e. The van der Waals surface area contributed by atoms with Crippen LogP contribution in [0.4, 0.5) is 0 Å². The molecule has 24 heavy (non-hydrogen) atoms. The molecule has 0 saturated heterocycles. The van der Waals surface area contributed by atoms with E-state index in [-0.39, 0.29) is 18.4 Å². The zero-order chi connectivity index (χ0) is 16.4. The van der Waals surface area contributed by atoms with Crippen LogP contribution in [0.15, 0.2) is 33.4 Å². The van der Waals surface area contributed by atoms with E-state index >= 15 is 0 Å². The van der Waals surface area contributed by atoms with Crippen LogP contribution < -0.4 is 5.32 Å². The number of nitrogens with one attached hydrogen (secondary N) is 1. The highest BCUT2D eigenvalue weighted by Gasteiger charge is 2.28. The maximum Gasteiger partial charge on any atom is 0.231 e. The standard InChI is InChI=1S/C15H16N6O3/c22-15(11-4-1-2-6-21-14(11)17-19-20-21)16-9-10-8-13(24-18-10)12-5-3-7-23-12/h3,5,7-8,11H,1-2,4,6,9H2,(H,16,22). The van der Waals surface area contributed by atoms with Crippen molar-refractivity contribution in [2.45, 2.75) is 38.3 Å². The molecule has 3 aromatic heterocycles. The molecule has 1 atom stereocenters. The number of aromatic nitrogens is 5. The molecule has 0 radical (unpaired) electrons. The lowest BCUT2D eigenvalue weighted by Gasteiger charge is -2.12. The van der Waals surface area contributed by atoms with Crippen molar-refractivity contribution in [2.24, 2.45) is 0 Å². The molecule has 1 aliphatic rings. The van der Waals surface area contributed by atoms with Gasteiger partial charge in [-0.3, -0.25) is 4.79 Å². The lowest BCUT2D eigenvalue weighted by Crippen LogP contribution is -2.30. The Morgan fingerprint density at radius 3 is 3.21 bits per heavy atom. The topological polar surface area (TPSA) is 112 Å². The monoisotopic (exact) mass is 328 g/mol. The molecule has 0 aliphatic carbocycles. The quantitative estimate of drug-likeness (QED) is 0.772. The summed E-state index contributed by atoms with van der Waals surface area (Å²) < 4.78 is 12.2. The molecule has 124 valence electrons. The highest BCUT2D eigenvalue weighted by atomic mass is 16.5. The summed E-state index contributed by atoms with van der Waals surface area (Å²) in [6, 6.07) is 5.31. The third-order valence-corrected chi connectivity index (χ3v) is 4.07. The van der Waals surface area contributed by atoms with Crippen molar-refractivity contribution >= 4 is 5.91 Å². The van der Waals surface area contributed by atoms with Crippen molar-refractivity contribution in [1.82, 2.24) is 30.7 Å². The summed E-state index contributed by atoms with van der Waals surface area (Å²) >= 11 is 0. The second kappa shape index (κ2) is 6.26. The summed E-state index contributed by atoms with van der Waals surface area (Å²) in [5.74, 6) is 1.32. The molecule has 1 amide bonds. The highest BCUT2D eigenvalue weighted by molar-refractivity contribution is 5.82. The molecule has 1 unspecified atom stereocenters. The lowest BCUT2D eigenvalue weighted by molar-refractivity contribution is -0.123. The first-order valence-corrected chi connectivity index (χ1v) is 7.84. The molecule has 4 heterocycles. The second-order valence-corrected chi connectivity index (χ2v) is 5.69. The van der Waals surface area contributed by atoms with Crippen LogP contribution >= 0.6 is 0 Å². The molecule has 0 bridgehead atoms. The number of hydrogen-bond donors (Lipinski definition) is 1. The fraction of sp³-hybridized carbons (Fsp3) is 0.400. The molecule has 0 fully saturated rings. The van der Waals surface area contributed by atoms with Gasteiger partial charge >= 0.3 is 0 Å². The zero-order valence-electron chi connectivity index (χ0n) is 12.9. The van der Waals surface area contributed by atoms with Gasteiger partial charge in [0.1, 0.15) is 5.69 Å². The van der Waals surface area contributed by atoms with E-state index in [2.05, 4.69) is 26.0 Å². The van der Waals surface area contributed by atoms with E-state index < -0.39 is 0 Å². The predicted molar refractivity (Wildman–Crippen MR) is 80.5 cm³/mol. The summed E-state index contributed by atoms with van der Waals surface area (Å²) in [5, 5.41) is 18.4. The lowest BCUT2D eigenvalue weighted by atomic mass is 10.0. The summed E-state index contributed by atoms with van der Waals surface area (Å²) in [4.78, 5) is 12.5. The predicted octanol–water partition coefficient (Wildman–Crippen LogP) is 1.50. The molecule has 0 saturated carbocycles. The Balaban J connectivity index is 1.42. The number of tetrazole rings is 1.